The van der Waals surface area contributed by atoms with Crippen LogP contribution < -0.4 is 28.3 Å². The summed E-state index contributed by atoms with van der Waals surface area (Å²) in [6.45, 7) is 0.358. The van der Waals surface area contributed by atoms with E-state index in [1.807, 2.05) is 0 Å². The number of guanidine groups is 1. The molecule has 0 saturated heterocycles. The van der Waals surface area contributed by atoms with Gasteiger partial charge < -0.3 is 33.4 Å². The summed E-state index contributed by atoms with van der Waals surface area (Å²) in [6, 6.07) is 4.88. The van der Waals surface area contributed by atoms with Gasteiger partial charge in [0.15, 0.2) is 5.96 Å². The van der Waals surface area contributed by atoms with Gasteiger partial charge in [0.05, 0.1) is 6.04 Å². The summed E-state index contributed by atoms with van der Waals surface area (Å²) in [5.74, 6) is -1.68. The third kappa shape index (κ3) is 6.97. The molecule has 9 heteroatoms. The Kier molecular flexibility index (Phi) is 7.50. The minimum absolute atomic E-state index is 0.0255. The Labute approximate surface area is 140 Å². The Hall–Kier alpha value is -2.81. The monoisotopic (exact) mass is 336 g/mol. The highest BCUT2D eigenvalue weighted by Crippen LogP contribution is 2.08. The molecule has 1 aromatic carbocycles. The predicted octanol–water partition coefficient (Wildman–Crippen LogP) is -1.24. The van der Waals surface area contributed by atoms with Crippen LogP contribution in [0.15, 0.2) is 29.3 Å². The summed E-state index contributed by atoms with van der Waals surface area (Å²) in [5.41, 5.74) is 23.1. The van der Waals surface area contributed by atoms with Gasteiger partial charge in [-0.3, -0.25) is 9.79 Å². The highest BCUT2D eigenvalue weighted by atomic mass is 16.4. The summed E-state index contributed by atoms with van der Waals surface area (Å²) in [4.78, 5) is 27.2. The van der Waals surface area contributed by atoms with E-state index in [9.17, 15) is 14.7 Å². The molecule has 0 aliphatic heterocycles. The number of amides is 1. The molecule has 0 radical (unpaired) electrons. The van der Waals surface area contributed by atoms with E-state index in [1.54, 1.807) is 24.3 Å². The molecule has 0 aliphatic rings. The van der Waals surface area contributed by atoms with Crippen LogP contribution in [0.5, 0.6) is 0 Å². The number of anilines is 1. The summed E-state index contributed by atoms with van der Waals surface area (Å²) in [5, 5.41) is 11.7. The summed E-state index contributed by atoms with van der Waals surface area (Å²) >= 11 is 0. The van der Waals surface area contributed by atoms with Crippen molar-refractivity contribution in [2.75, 3.05) is 12.3 Å². The predicted molar refractivity (Wildman–Crippen MR) is 92.0 cm³/mol. The number of carbonyl (C=O) groups is 2. The molecule has 0 aliphatic carbocycles. The van der Waals surface area contributed by atoms with Gasteiger partial charge in [-0.05, 0) is 30.5 Å². The first-order chi connectivity index (χ1) is 11.3. The third-order valence-electron chi connectivity index (χ3n) is 3.34. The zero-order valence-corrected chi connectivity index (χ0v) is 13.3. The number of nitrogens with zero attached hydrogens (tertiary/aromatic N) is 1. The molecule has 24 heavy (non-hydrogen) atoms. The lowest BCUT2D eigenvalue weighted by Crippen LogP contribution is -2.49. The maximum atomic E-state index is 12.0. The highest BCUT2D eigenvalue weighted by Gasteiger charge is 2.23. The van der Waals surface area contributed by atoms with Gasteiger partial charge in [0.1, 0.15) is 6.04 Å². The Morgan fingerprint density at radius 1 is 1.21 bits per heavy atom. The van der Waals surface area contributed by atoms with Crippen LogP contribution in [-0.4, -0.2) is 41.6 Å². The molecule has 1 amide bonds. The first-order valence-electron chi connectivity index (χ1n) is 7.48. The van der Waals surface area contributed by atoms with Gasteiger partial charge in [0, 0.05) is 18.7 Å². The number of aliphatic carboxylic acids is 1. The van der Waals surface area contributed by atoms with Crippen molar-refractivity contribution < 1.29 is 14.7 Å². The van der Waals surface area contributed by atoms with Crippen molar-refractivity contribution in [1.82, 2.24) is 5.32 Å². The molecular weight excluding hydrogens is 312 g/mol. The standard InChI is InChI=1S/C15H24N6O3/c16-10-5-3-9(4-6-10)8-12(14(23)24)21-13(22)11(17)2-1-7-20-15(18)19/h3-6,11-12H,1-2,7-8,16-17H2,(H,21,22)(H,23,24)(H4,18,19,20)/t11-,12-/m0/s1. The van der Waals surface area contributed by atoms with E-state index in [4.69, 9.17) is 22.9 Å². The summed E-state index contributed by atoms with van der Waals surface area (Å²) in [7, 11) is 0. The van der Waals surface area contributed by atoms with Gasteiger partial charge in [-0.2, -0.15) is 0 Å². The normalized spacial score (nSPS) is 12.9. The Morgan fingerprint density at radius 3 is 2.38 bits per heavy atom. The van der Waals surface area contributed by atoms with Crippen molar-refractivity contribution in [3.05, 3.63) is 29.8 Å². The topological polar surface area (TPSA) is 183 Å². The molecule has 0 aromatic heterocycles. The van der Waals surface area contributed by atoms with Gasteiger partial charge >= 0.3 is 5.97 Å². The van der Waals surface area contributed by atoms with Crippen molar-refractivity contribution in [2.45, 2.75) is 31.3 Å². The van der Waals surface area contributed by atoms with Gasteiger partial charge in [0.2, 0.25) is 5.91 Å². The average molecular weight is 336 g/mol. The first kappa shape index (κ1) is 19.2. The maximum Gasteiger partial charge on any atom is 0.326 e. The van der Waals surface area contributed by atoms with E-state index in [2.05, 4.69) is 10.3 Å². The van der Waals surface area contributed by atoms with Crippen LogP contribution in [0.2, 0.25) is 0 Å². The molecule has 0 spiro atoms. The van der Waals surface area contributed by atoms with Crippen LogP contribution in [0.4, 0.5) is 5.69 Å². The number of nitrogens with two attached hydrogens (primary N) is 4. The molecule has 132 valence electrons. The lowest BCUT2D eigenvalue weighted by molar-refractivity contribution is -0.142. The smallest absolute Gasteiger partial charge is 0.326 e. The zero-order valence-electron chi connectivity index (χ0n) is 13.3. The third-order valence-corrected chi connectivity index (χ3v) is 3.34. The Balaban J connectivity index is 2.54. The van der Waals surface area contributed by atoms with Gasteiger partial charge in [-0.1, -0.05) is 12.1 Å². The summed E-state index contributed by atoms with van der Waals surface area (Å²) < 4.78 is 0. The van der Waals surface area contributed by atoms with Crippen molar-refractivity contribution in [3.63, 3.8) is 0 Å². The number of rotatable bonds is 9. The second-order valence-electron chi connectivity index (χ2n) is 5.40. The van der Waals surface area contributed by atoms with Gasteiger partial charge in [-0.25, -0.2) is 4.79 Å². The van der Waals surface area contributed by atoms with E-state index in [-0.39, 0.29) is 12.4 Å². The van der Waals surface area contributed by atoms with Crippen LogP contribution >= 0.6 is 0 Å². The average Bonchev–Trinajstić information content (AvgIpc) is 2.52. The molecule has 0 fully saturated rings. The van der Waals surface area contributed by atoms with E-state index >= 15 is 0 Å². The number of hydrogen-bond acceptors (Lipinski definition) is 5. The number of benzene rings is 1. The molecule has 0 bridgehead atoms. The number of nitrogens with one attached hydrogen (secondary N) is 1. The van der Waals surface area contributed by atoms with Gasteiger partial charge in [0.25, 0.3) is 0 Å². The van der Waals surface area contributed by atoms with Crippen molar-refractivity contribution in [1.29, 1.82) is 0 Å². The minimum Gasteiger partial charge on any atom is -0.480 e. The maximum absolute atomic E-state index is 12.0. The van der Waals surface area contributed by atoms with Gasteiger partial charge in [-0.15, -0.1) is 0 Å². The highest BCUT2D eigenvalue weighted by molar-refractivity contribution is 5.86. The molecule has 1 aromatic rings. The Morgan fingerprint density at radius 2 is 1.83 bits per heavy atom. The lowest BCUT2D eigenvalue weighted by atomic mass is 10.0. The first-order valence-corrected chi connectivity index (χ1v) is 7.48. The SMILES string of the molecule is NC(N)=NCCC[C@H](N)C(=O)N[C@@H](Cc1ccc(N)cc1)C(=O)O. The Bertz CT molecular complexity index is 583. The van der Waals surface area contributed by atoms with Crippen LogP contribution in [0.25, 0.3) is 0 Å². The van der Waals surface area contributed by atoms with E-state index in [1.165, 1.54) is 0 Å². The fourth-order valence-electron chi connectivity index (χ4n) is 2.02. The largest absolute Gasteiger partial charge is 0.480 e. The van der Waals surface area contributed by atoms with E-state index in [0.29, 0.717) is 25.1 Å². The fraction of sp³-hybridized carbons (Fsp3) is 0.400. The van der Waals surface area contributed by atoms with Crippen LogP contribution in [-0.2, 0) is 16.0 Å². The fourth-order valence-corrected chi connectivity index (χ4v) is 2.02. The summed E-state index contributed by atoms with van der Waals surface area (Å²) in [6.07, 6.45) is 1.00. The second-order valence-corrected chi connectivity index (χ2v) is 5.40. The molecule has 0 unspecified atom stereocenters. The van der Waals surface area contributed by atoms with Crippen molar-refractivity contribution >= 4 is 23.5 Å². The van der Waals surface area contributed by atoms with Crippen molar-refractivity contribution in [3.8, 4) is 0 Å². The molecule has 9 nitrogen and oxygen atoms in total. The van der Waals surface area contributed by atoms with Crippen LogP contribution in [0, 0.1) is 0 Å². The van der Waals surface area contributed by atoms with E-state index < -0.39 is 24.0 Å². The number of carbonyl (C=O) groups excluding carboxylic acids is 1. The second kappa shape index (κ2) is 9.36. The van der Waals surface area contributed by atoms with Crippen LogP contribution in [0.3, 0.4) is 0 Å². The van der Waals surface area contributed by atoms with E-state index in [0.717, 1.165) is 5.56 Å². The van der Waals surface area contributed by atoms with Crippen LogP contribution in [0.1, 0.15) is 18.4 Å². The molecular formula is C15H24N6O3. The molecule has 1 rings (SSSR count). The number of carboxylic acid groups (broad SMARTS) is 1. The molecule has 10 N–H and O–H groups in total. The number of aliphatic imine (C=N–C) groups is 1. The number of hydrogen-bond donors (Lipinski definition) is 6. The number of carboxylic acids is 1. The molecule has 0 heterocycles. The molecule has 2 atom stereocenters. The quantitative estimate of drug-likeness (QED) is 0.141. The molecule has 0 saturated carbocycles. The lowest BCUT2D eigenvalue weighted by Gasteiger charge is -2.18. The number of nitrogen functional groups attached to an aromatic ring is 1. The van der Waals surface area contributed by atoms with Crippen molar-refractivity contribution in [2.24, 2.45) is 22.2 Å². The zero-order chi connectivity index (χ0) is 18.1. The minimum atomic E-state index is -1.13.